The Hall–Kier alpha value is -3.65. The third-order valence-corrected chi connectivity index (χ3v) is 7.07. The van der Waals surface area contributed by atoms with Gasteiger partial charge in [-0.15, -0.1) is 0 Å². The molecule has 2 heterocycles. The molecule has 1 amide bonds. The first-order valence-electron chi connectivity index (χ1n) is 9.87. The first kappa shape index (κ1) is 19.3. The molecule has 1 aromatic heterocycles. The second-order valence-electron chi connectivity index (χ2n) is 7.31. The molecule has 8 heteroatoms. The number of aromatic nitrogens is 1. The van der Waals surface area contributed by atoms with Gasteiger partial charge >= 0.3 is 0 Å². The maximum atomic E-state index is 12.6. The number of para-hydroxylation sites is 2. The summed E-state index contributed by atoms with van der Waals surface area (Å²) in [6.07, 6.45) is 0.615. The van der Waals surface area contributed by atoms with E-state index in [4.69, 9.17) is 4.42 Å². The maximum Gasteiger partial charge on any atom is 0.255 e. The van der Waals surface area contributed by atoms with Gasteiger partial charge in [0.15, 0.2) is 5.58 Å². The van der Waals surface area contributed by atoms with Gasteiger partial charge in [0.25, 0.3) is 5.91 Å². The van der Waals surface area contributed by atoms with Crippen LogP contribution in [0.3, 0.4) is 0 Å². The highest BCUT2D eigenvalue weighted by molar-refractivity contribution is 7.93. The number of rotatable bonds is 4. The number of nitrogens with one attached hydrogen (secondary N) is 1. The van der Waals surface area contributed by atoms with Gasteiger partial charge in [0, 0.05) is 23.4 Å². The van der Waals surface area contributed by atoms with E-state index in [2.05, 4.69) is 10.3 Å². The van der Waals surface area contributed by atoms with Crippen molar-refractivity contribution in [3.05, 3.63) is 78.4 Å². The monoisotopic (exact) mass is 433 g/mol. The SMILES string of the molecule is O=C(Nc1ccc(-c2nc3ccccc3o2)cc1)c1ccc(N2CCCS2(=O)=O)cc1. The molecule has 156 valence electrons. The van der Waals surface area contributed by atoms with Gasteiger partial charge in [-0.05, 0) is 67.1 Å². The van der Waals surface area contributed by atoms with E-state index in [0.29, 0.717) is 35.8 Å². The van der Waals surface area contributed by atoms with Gasteiger partial charge in [-0.25, -0.2) is 13.4 Å². The smallest absolute Gasteiger partial charge is 0.255 e. The lowest BCUT2D eigenvalue weighted by Crippen LogP contribution is -2.25. The molecule has 1 saturated heterocycles. The highest BCUT2D eigenvalue weighted by Gasteiger charge is 2.28. The zero-order chi connectivity index (χ0) is 21.4. The van der Waals surface area contributed by atoms with Crippen LogP contribution < -0.4 is 9.62 Å². The topological polar surface area (TPSA) is 92.5 Å². The van der Waals surface area contributed by atoms with Crippen LogP contribution in [0, 0.1) is 0 Å². The van der Waals surface area contributed by atoms with Crippen molar-refractivity contribution in [2.45, 2.75) is 6.42 Å². The van der Waals surface area contributed by atoms with Gasteiger partial charge in [-0.1, -0.05) is 12.1 Å². The molecule has 1 aliphatic heterocycles. The van der Waals surface area contributed by atoms with Crippen molar-refractivity contribution in [3.8, 4) is 11.5 Å². The number of fused-ring (bicyclic) bond motifs is 1. The molecule has 0 bridgehead atoms. The van der Waals surface area contributed by atoms with E-state index in [1.807, 2.05) is 36.4 Å². The standard InChI is InChI=1S/C23H19N3O4S/c27-22(16-8-12-19(13-9-16)26-14-3-15-31(26,28)29)24-18-10-6-17(7-11-18)23-25-20-4-1-2-5-21(20)30-23/h1-2,4-13H,3,14-15H2,(H,24,27). The molecule has 1 aliphatic rings. The Morgan fingerprint density at radius 2 is 1.71 bits per heavy atom. The van der Waals surface area contributed by atoms with Gasteiger partial charge in [-0.3, -0.25) is 9.10 Å². The van der Waals surface area contributed by atoms with Crippen molar-refractivity contribution in [1.29, 1.82) is 0 Å². The average Bonchev–Trinajstić information content (AvgIpc) is 3.37. The number of hydrogen-bond donors (Lipinski definition) is 1. The number of carbonyl (C=O) groups is 1. The number of sulfonamides is 1. The first-order chi connectivity index (χ1) is 15.0. The lowest BCUT2D eigenvalue weighted by molar-refractivity contribution is 0.102. The molecule has 1 fully saturated rings. The highest BCUT2D eigenvalue weighted by Crippen LogP contribution is 2.26. The van der Waals surface area contributed by atoms with E-state index in [1.165, 1.54) is 4.31 Å². The molecule has 7 nitrogen and oxygen atoms in total. The van der Waals surface area contributed by atoms with Crippen molar-refractivity contribution < 1.29 is 17.6 Å². The second kappa shape index (κ2) is 7.55. The third-order valence-electron chi connectivity index (χ3n) is 5.20. The minimum absolute atomic E-state index is 0.161. The van der Waals surface area contributed by atoms with Gasteiger partial charge in [0.1, 0.15) is 5.52 Å². The largest absolute Gasteiger partial charge is 0.436 e. The predicted octanol–water partition coefficient (Wildman–Crippen LogP) is 4.29. The number of benzene rings is 3. The third kappa shape index (κ3) is 3.77. The predicted molar refractivity (Wildman–Crippen MR) is 120 cm³/mol. The average molecular weight is 433 g/mol. The van der Waals surface area contributed by atoms with Crippen molar-refractivity contribution in [2.75, 3.05) is 21.9 Å². The molecule has 3 aromatic carbocycles. The van der Waals surface area contributed by atoms with Gasteiger partial charge in [0.05, 0.1) is 11.4 Å². The van der Waals surface area contributed by atoms with Crippen molar-refractivity contribution >= 4 is 38.4 Å². The van der Waals surface area contributed by atoms with E-state index in [0.717, 1.165) is 16.7 Å². The number of carbonyl (C=O) groups excluding carboxylic acids is 1. The number of nitrogens with zero attached hydrogens (tertiary/aromatic N) is 2. The fourth-order valence-electron chi connectivity index (χ4n) is 3.60. The Morgan fingerprint density at radius 1 is 0.968 bits per heavy atom. The Balaban J connectivity index is 1.29. The lowest BCUT2D eigenvalue weighted by atomic mass is 10.1. The first-order valence-corrected chi connectivity index (χ1v) is 11.5. The molecular weight excluding hydrogens is 414 g/mol. The van der Waals surface area contributed by atoms with Crippen LogP contribution >= 0.6 is 0 Å². The van der Waals surface area contributed by atoms with Crippen LogP contribution in [0.5, 0.6) is 0 Å². The Morgan fingerprint density at radius 3 is 2.39 bits per heavy atom. The zero-order valence-corrected chi connectivity index (χ0v) is 17.3. The molecule has 4 aromatic rings. The summed E-state index contributed by atoms with van der Waals surface area (Å²) in [6, 6.07) is 21.4. The summed E-state index contributed by atoms with van der Waals surface area (Å²) in [4.78, 5) is 17.0. The molecule has 0 aliphatic carbocycles. The summed E-state index contributed by atoms with van der Waals surface area (Å²) in [5, 5.41) is 2.85. The molecule has 0 saturated carbocycles. The Labute approximate surface area is 179 Å². The van der Waals surface area contributed by atoms with E-state index < -0.39 is 10.0 Å². The summed E-state index contributed by atoms with van der Waals surface area (Å²) in [6.45, 7) is 0.473. The van der Waals surface area contributed by atoms with Crippen LogP contribution in [0.25, 0.3) is 22.6 Å². The summed E-state index contributed by atoms with van der Waals surface area (Å²) >= 11 is 0. The van der Waals surface area contributed by atoms with Crippen LogP contribution in [0.1, 0.15) is 16.8 Å². The fraction of sp³-hybridized carbons (Fsp3) is 0.130. The van der Waals surface area contributed by atoms with Crippen molar-refractivity contribution in [1.82, 2.24) is 4.98 Å². The van der Waals surface area contributed by atoms with Gasteiger partial charge < -0.3 is 9.73 Å². The van der Waals surface area contributed by atoms with Crippen molar-refractivity contribution in [2.24, 2.45) is 0 Å². The van der Waals surface area contributed by atoms with Crippen LogP contribution in [0.15, 0.2) is 77.2 Å². The molecule has 0 unspecified atom stereocenters. The fourth-order valence-corrected chi connectivity index (χ4v) is 5.17. The normalized spacial score (nSPS) is 15.3. The lowest BCUT2D eigenvalue weighted by Gasteiger charge is -2.17. The Kier molecular flexibility index (Phi) is 4.71. The molecule has 0 radical (unpaired) electrons. The molecular formula is C23H19N3O4S. The number of amides is 1. The van der Waals surface area contributed by atoms with Crippen LogP contribution in [0.2, 0.25) is 0 Å². The van der Waals surface area contributed by atoms with E-state index in [9.17, 15) is 13.2 Å². The Bertz CT molecular complexity index is 1330. The van der Waals surface area contributed by atoms with Gasteiger partial charge in [-0.2, -0.15) is 0 Å². The van der Waals surface area contributed by atoms with Crippen LogP contribution in [-0.2, 0) is 10.0 Å². The van der Waals surface area contributed by atoms with E-state index in [-0.39, 0.29) is 11.7 Å². The molecule has 1 N–H and O–H groups in total. The van der Waals surface area contributed by atoms with E-state index >= 15 is 0 Å². The number of anilines is 2. The second-order valence-corrected chi connectivity index (χ2v) is 9.32. The highest BCUT2D eigenvalue weighted by atomic mass is 32.2. The minimum Gasteiger partial charge on any atom is -0.436 e. The molecule has 31 heavy (non-hydrogen) atoms. The molecule has 0 spiro atoms. The quantitative estimate of drug-likeness (QED) is 0.518. The summed E-state index contributed by atoms with van der Waals surface area (Å²) in [5.41, 5.74) is 3.99. The van der Waals surface area contributed by atoms with Crippen molar-refractivity contribution in [3.63, 3.8) is 0 Å². The summed E-state index contributed by atoms with van der Waals surface area (Å²) in [5.74, 6) is 0.409. The van der Waals surface area contributed by atoms with Crippen LogP contribution in [0.4, 0.5) is 11.4 Å². The number of oxazole rings is 1. The zero-order valence-electron chi connectivity index (χ0n) is 16.5. The number of hydrogen-bond acceptors (Lipinski definition) is 5. The molecule has 0 atom stereocenters. The van der Waals surface area contributed by atoms with E-state index in [1.54, 1.807) is 36.4 Å². The summed E-state index contributed by atoms with van der Waals surface area (Å²) in [7, 11) is -3.24. The van der Waals surface area contributed by atoms with Crippen LogP contribution in [-0.4, -0.2) is 31.6 Å². The minimum atomic E-state index is -3.24. The van der Waals surface area contributed by atoms with Gasteiger partial charge in [0.2, 0.25) is 15.9 Å². The summed E-state index contributed by atoms with van der Waals surface area (Å²) < 4.78 is 31.2. The maximum absolute atomic E-state index is 12.6. The molecule has 5 rings (SSSR count).